The second-order valence-corrected chi connectivity index (χ2v) is 9.32. The minimum Gasteiger partial charge on any atom is -0.350 e. The normalized spacial score (nSPS) is 18.3. The van der Waals surface area contributed by atoms with Gasteiger partial charge in [0.15, 0.2) is 0 Å². The molecule has 1 atom stereocenters. The summed E-state index contributed by atoms with van der Waals surface area (Å²) in [6.07, 6.45) is 0.792. The van der Waals surface area contributed by atoms with Gasteiger partial charge in [-0.3, -0.25) is 9.69 Å². The van der Waals surface area contributed by atoms with E-state index in [-0.39, 0.29) is 24.5 Å². The summed E-state index contributed by atoms with van der Waals surface area (Å²) in [5.74, 6) is -2.04. The summed E-state index contributed by atoms with van der Waals surface area (Å²) in [7, 11) is -4.05. The largest absolute Gasteiger partial charge is 0.350 e. The average molecular weight is 403 g/mol. The second-order valence-electron chi connectivity index (χ2n) is 7.42. The number of carbonyl (C=O) groups is 1. The van der Waals surface area contributed by atoms with Crippen molar-refractivity contribution in [1.82, 2.24) is 14.5 Å². The van der Waals surface area contributed by atoms with Crippen molar-refractivity contribution in [3.8, 4) is 0 Å². The van der Waals surface area contributed by atoms with Crippen LogP contribution in [0.3, 0.4) is 0 Å². The molecule has 1 amide bonds. The van der Waals surface area contributed by atoms with Crippen molar-refractivity contribution in [2.45, 2.75) is 50.6 Å². The van der Waals surface area contributed by atoms with E-state index in [1.165, 1.54) is 4.31 Å². The van der Waals surface area contributed by atoms with Gasteiger partial charge < -0.3 is 5.32 Å². The van der Waals surface area contributed by atoms with Crippen LogP contribution in [0.5, 0.6) is 0 Å². The fraction of sp³-hybridized carbons (Fsp3) is 0.611. The zero-order valence-corrected chi connectivity index (χ0v) is 16.9. The van der Waals surface area contributed by atoms with Crippen LogP contribution in [0.2, 0.25) is 0 Å². The highest BCUT2D eigenvalue weighted by Crippen LogP contribution is 2.22. The van der Waals surface area contributed by atoms with Gasteiger partial charge in [0.25, 0.3) is 0 Å². The number of hydrogen-bond donors (Lipinski definition) is 1. The first-order chi connectivity index (χ1) is 12.5. The second kappa shape index (κ2) is 8.20. The van der Waals surface area contributed by atoms with Crippen molar-refractivity contribution in [3.05, 3.63) is 29.8 Å². The third-order valence-corrected chi connectivity index (χ3v) is 6.99. The summed E-state index contributed by atoms with van der Waals surface area (Å²) in [5.41, 5.74) is -0.309. The molecule has 152 valence electrons. The molecule has 1 aliphatic rings. The Morgan fingerprint density at radius 3 is 2.33 bits per heavy atom. The van der Waals surface area contributed by atoms with Gasteiger partial charge in [0.05, 0.1) is 6.04 Å². The Hall–Kier alpha value is -1.58. The molecule has 6 nitrogen and oxygen atoms in total. The Labute approximate surface area is 159 Å². The summed E-state index contributed by atoms with van der Waals surface area (Å²) in [6, 6.07) is 2.03. The van der Waals surface area contributed by atoms with Gasteiger partial charge >= 0.3 is 0 Å². The van der Waals surface area contributed by atoms with E-state index in [0.29, 0.717) is 19.2 Å². The van der Waals surface area contributed by atoms with E-state index in [9.17, 15) is 22.0 Å². The van der Waals surface area contributed by atoms with Crippen LogP contribution in [0.25, 0.3) is 0 Å². The standard InChI is InChI=1S/C18H27F2N3O3S/c1-5-18(3,4)21-17(24)13(2)22-8-10-23(11-9-22)27(25,26)16-7-6-14(19)12-15(16)20/h6-7,12-13H,5,8-11H2,1-4H3,(H,21,24). The molecule has 1 N–H and O–H groups in total. The molecule has 0 radical (unpaired) electrons. The lowest BCUT2D eigenvalue weighted by atomic mass is 10.0. The van der Waals surface area contributed by atoms with Crippen LogP contribution in [-0.4, -0.2) is 61.3 Å². The van der Waals surface area contributed by atoms with E-state index >= 15 is 0 Å². The molecular formula is C18H27F2N3O3S. The predicted molar refractivity (Wildman–Crippen MR) is 98.7 cm³/mol. The van der Waals surface area contributed by atoms with Crippen molar-refractivity contribution in [2.75, 3.05) is 26.2 Å². The Morgan fingerprint density at radius 2 is 1.81 bits per heavy atom. The number of nitrogens with zero attached hydrogens (tertiary/aromatic N) is 2. The number of halogens is 2. The van der Waals surface area contributed by atoms with Crippen LogP contribution in [0, 0.1) is 11.6 Å². The van der Waals surface area contributed by atoms with Crippen molar-refractivity contribution in [1.29, 1.82) is 0 Å². The molecule has 1 fully saturated rings. The number of hydrogen-bond acceptors (Lipinski definition) is 4. The lowest BCUT2D eigenvalue weighted by molar-refractivity contribution is -0.128. The molecule has 1 heterocycles. The van der Waals surface area contributed by atoms with Crippen LogP contribution >= 0.6 is 0 Å². The highest BCUT2D eigenvalue weighted by atomic mass is 32.2. The first-order valence-electron chi connectivity index (χ1n) is 8.99. The average Bonchev–Trinajstić information content (AvgIpc) is 2.60. The molecule has 0 saturated carbocycles. The molecular weight excluding hydrogens is 376 g/mol. The van der Waals surface area contributed by atoms with Crippen molar-refractivity contribution in [3.63, 3.8) is 0 Å². The smallest absolute Gasteiger partial charge is 0.246 e. The van der Waals surface area contributed by atoms with Gasteiger partial charge in [0.2, 0.25) is 15.9 Å². The fourth-order valence-corrected chi connectivity index (χ4v) is 4.31. The van der Waals surface area contributed by atoms with E-state index in [4.69, 9.17) is 0 Å². The molecule has 0 bridgehead atoms. The van der Waals surface area contributed by atoms with Crippen molar-refractivity contribution in [2.24, 2.45) is 0 Å². The summed E-state index contributed by atoms with van der Waals surface area (Å²) in [5, 5.41) is 2.99. The number of sulfonamides is 1. The van der Waals surface area contributed by atoms with Crippen molar-refractivity contribution >= 4 is 15.9 Å². The Bertz CT molecular complexity index is 791. The van der Waals surface area contributed by atoms with Gasteiger partial charge in [-0.1, -0.05) is 6.92 Å². The predicted octanol–water partition coefficient (Wildman–Crippen LogP) is 1.96. The van der Waals surface area contributed by atoms with Gasteiger partial charge in [-0.2, -0.15) is 4.31 Å². The van der Waals surface area contributed by atoms with Crippen LogP contribution in [0.15, 0.2) is 23.1 Å². The SMILES string of the molecule is CCC(C)(C)NC(=O)C(C)N1CCN(S(=O)(=O)c2ccc(F)cc2F)CC1. The number of rotatable bonds is 6. The van der Waals surface area contributed by atoms with Crippen molar-refractivity contribution < 1.29 is 22.0 Å². The number of amides is 1. The Morgan fingerprint density at radius 1 is 1.22 bits per heavy atom. The number of piperazine rings is 1. The number of carbonyl (C=O) groups excluding carboxylic acids is 1. The number of nitrogens with one attached hydrogen (secondary N) is 1. The van der Waals surface area contributed by atoms with Gasteiger partial charge in [0, 0.05) is 37.8 Å². The molecule has 0 spiro atoms. The van der Waals surface area contributed by atoms with Crippen LogP contribution in [0.4, 0.5) is 8.78 Å². The molecule has 1 saturated heterocycles. The Kier molecular flexibility index (Phi) is 6.59. The maximum Gasteiger partial charge on any atom is 0.246 e. The maximum absolute atomic E-state index is 13.9. The van der Waals surface area contributed by atoms with Gasteiger partial charge in [-0.05, 0) is 39.3 Å². The maximum atomic E-state index is 13.9. The van der Waals surface area contributed by atoms with Crippen LogP contribution in [-0.2, 0) is 14.8 Å². The molecule has 0 aliphatic carbocycles. The van der Waals surface area contributed by atoms with E-state index in [2.05, 4.69) is 5.32 Å². The summed E-state index contributed by atoms with van der Waals surface area (Å²) in [6.45, 7) is 8.63. The fourth-order valence-electron chi connectivity index (χ4n) is 2.85. The zero-order valence-electron chi connectivity index (χ0n) is 16.1. The summed E-state index contributed by atoms with van der Waals surface area (Å²) in [4.78, 5) is 13.8. The van der Waals surface area contributed by atoms with E-state index in [0.717, 1.165) is 18.6 Å². The Balaban J connectivity index is 2.03. The number of benzene rings is 1. The van der Waals surface area contributed by atoms with E-state index in [1.807, 2.05) is 25.7 Å². The first-order valence-corrected chi connectivity index (χ1v) is 10.4. The highest BCUT2D eigenvalue weighted by Gasteiger charge is 2.34. The van der Waals surface area contributed by atoms with Gasteiger partial charge in [0.1, 0.15) is 16.5 Å². The molecule has 2 rings (SSSR count). The van der Waals surface area contributed by atoms with E-state index in [1.54, 1.807) is 6.92 Å². The molecule has 9 heteroatoms. The van der Waals surface area contributed by atoms with Crippen LogP contribution < -0.4 is 5.32 Å². The summed E-state index contributed by atoms with van der Waals surface area (Å²) < 4.78 is 53.3. The molecule has 1 aromatic rings. The molecule has 0 aromatic heterocycles. The minimum atomic E-state index is -4.05. The molecule has 1 aromatic carbocycles. The topological polar surface area (TPSA) is 69.7 Å². The molecule has 27 heavy (non-hydrogen) atoms. The molecule has 1 unspecified atom stereocenters. The van der Waals surface area contributed by atoms with Gasteiger partial charge in [-0.25, -0.2) is 17.2 Å². The van der Waals surface area contributed by atoms with E-state index < -0.39 is 32.6 Å². The lowest BCUT2D eigenvalue weighted by Crippen LogP contribution is -2.57. The van der Waals surface area contributed by atoms with Gasteiger partial charge in [-0.15, -0.1) is 0 Å². The summed E-state index contributed by atoms with van der Waals surface area (Å²) >= 11 is 0. The van der Waals surface area contributed by atoms with Crippen LogP contribution in [0.1, 0.15) is 34.1 Å². The monoisotopic (exact) mass is 403 g/mol. The minimum absolute atomic E-state index is 0.109. The lowest BCUT2D eigenvalue weighted by Gasteiger charge is -2.38. The quantitative estimate of drug-likeness (QED) is 0.789. The highest BCUT2D eigenvalue weighted by molar-refractivity contribution is 7.89. The molecule has 1 aliphatic heterocycles. The first kappa shape index (κ1) is 21.7. The third kappa shape index (κ3) is 5.03. The third-order valence-electron chi connectivity index (χ3n) is 5.06. The zero-order chi connectivity index (χ0) is 20.4.